The van der Waals surface area contributed by atoms with Gasteiger partial charge in [-0.1, -0.05) is 13.8 Å². The maximum atomic E-state index is 11.1. The molecule has 2 atom stereocenters. The zero-order valence-electron chi connectivity index (χ0n) is 7.31. The second-order valence-electron chi connectivity index (χ2n) is 3.55. The Bertz CT molecular complexity index is 193. The van der Waals surface area contributed by atoms with Crippen molar-refractivity contribution in [3.63, 3.8) is 0 Å². The van der Waals surface area contributed by atoms with Gasteiger partial charge in [0, 0.05) is 0 Å². The predicted octanol–water partition coefficient (Wildman–Crippen LogP) is 0.677. The lowest BCUT2D eigenvalue weighted by Gasteiger charge is -2.13. The third kappa shape index (κ3) is 0.948. The van der Waals surface area contributed by atoms with Gasteiger partial charge in [0.1, 0.15) is 5.54 Å². The predicted molar refractivity (Wildman–Crippen MR) is 41.9 cm³/mol. The maximum Gasteiger partial charge on any atom is 0.326 e. The summed E-state index contributed by atoms with van der Waals surface area (Å²) >= 11 is 0. The summed E-state index contributed by atoms with van der Waals surface area (Å²) in [6.07, 6.45) is 1.68. The zero-order valence-corrected chi connectivity index (χ0v) is 7.31. The minimum atomic E-state index is -0.698. The summed E-state index contributed by atoms with van der Waals surface area (Å²) in [6, 6.07) is 0. The van der Waals surface area contributed by atoms with Crippen molar-refractivity contribution < 1.29 is 9.53 Å². The highest BCUT2D eigenvalue weighted by molar-refractivity contribution is 5.85. The van der Waals surface area contributed by atoms with Crippen LogP contribution in [0.25, 0.3) is 0 Å². The third-order valence-corrected chi connectivity index (χ3v) is 2.95. The fraction of sp³-hybridized carbons (Fsp3) is 0.875. The summed E-state index contributed by atoms with van der Waals surface area (Å²) in [5, 5.41) is 0. The van der Waals surface area contributed by atoms with E-state index in [9.17, 15) is 4.79 Å². The van der Waals surface area contributed by atoms with Crippen molar-refractivity contribution in [1.29, 1.82) is 0 Å². The molecule has 0 saturated heterocycles. The standard InChI is InChI=1S/C8H15NO2/c1-4-7(2)5-8(7,9)6(10)11-3/h4-5,9H2,1-3H3. The zero-order chi connectivity index (χ0) is 8.70. The number of rotatable bonds is 2. The number of hydrogen-bond donors (Lipinski definition) is 1. The summed E-state index contributed by atoms with van der Waals surface area (Å²) < 4.78 is 4.61. The van der Waals surface area contributed by atoms with Gasteiger partial charge >= 0.3 is 5.97 Å². The van der Waals surface area contributed by atoms with E-state index in [1.54, 1.807) is 0 Å². The third-order valence-electron chi connectivity index (χ3n) is 2.95. The number of carbonyl (C=O) groups is 1. The van der Waals surface area contributed by atoms with E-state index in [2.05, 4.69) is 4.74 Å². The molecule has 1 aliphatic carbocycles. The van der Waals surface area contributed by atoms with Gasteiger partial charge in [0.15, 0.2) is 0 Å². The van der Waals surface area contributed by atoms with Gasteiger partial charge in [0.25, 0.3) is 0 Å². The van der Waals surface area contributed by atoms with E-state index in [1.165, 1.54) is 7.11 Å². The smallest absolute Gasteiger partial charge is 0.326 e. The molecule has 1 rings (SSSR count). The molecule has 0 bridgehead atoms. The number of hydrogen-bond acceptors (Lipinski definition) is 3. The van der Waals surface area contributed by atoms with E-state index in [-0.39, 0.29) is 11.4 Å². The van der Waals surface area contributed by atoms with Crippen LogP contribution in [0.3, 0.4) is 0 Å². The van der Waals surface area contributed by atoms with E-state index in [0.717, 1.165) is 12.8 Å². The molecule has 0 aromatic carbocycles. The minimum Gasteiger partial charge on any atom is -0.468 e. The largest absolute Gasteiger partial charge is 0.468 e. The van der Waals surface area contributed by atoms with Crippen molar-refractivity contribution in [2.24, 2.45) is 11.1 Å². The van der Waals surface area contributed by atoms with E-state index >= 15 is 0 Å². The van der Waals surface area contributed by atoms with Crippen LogP contribution in [0.4, 0.5) is 0 Å². The van der Waals surface area contributed by atoms with Crippen molar-refractivity contribution in [2.45, 2.75) is 32.2 Å². The summed E-state index contributed by atoms with van der Waals surface area (Å²) in [5.74, 6) is -0.276. The van der Waals surface area contributed by atoms with Crippen LogP contribution in [0.15, 0.2) is 0 Å². The van der Waals surface area contributed by atoms with Gasteiger partial charge in [0.05, 0.1) is 7.11 Å². The molecule has 0 spiro atoms. The molecule has 2 N–H and O–H groups in total. The first-order chi connectivity index (χ1) is 5.00. The first kappa shape index (κ1) is 8.53. The highest BCUT2D eigenvalue weighted by Gasteiger charge is 2.66. The van der Waals surface area contributed by atoms with Gasteiger partial charge in [-0.05, 0) is 18.3 Å². The molecule has 0 aliphatic heterocycles. The molecule has 0 aromatic rings. The quantitative estimate of drug-likeness (QED) is 0.599. The second-order valence-corrected chi connectivity index (χ2v) is 3.55. The normalized spacial score (nSPS) is 41.8. The molecule has 11 heavy (non-hydrogen) atoms. The average molecular weight is 157 g/mol. The van der Waals surface area contributed by atoms with Crippen molar-refractivity contribution >= 4 is 5.97 Å². The summed E-state index contributed by atoms with van der Waals surface area (Å²) in [6.45, 7) is 4.06. The van der Waals surface area contributed by atoms with Crippen molar-refractivity contribution in [3.8, 4) is 0 Å². The summed E-state index contributed by atoms with van der Waals surface area (Å²) in [7, 11) is 1.38. The molecule has 2 unspecified atom stereocenters. The van der Waals surface area contributed by atoms with Crippen LogP contribution < -0.4 is 5.73 Å². The van der Waals surface area contributed by atoms with Gasteiger partial charge in [-0.15, -0.1) is 0 Å². The molecule has 0 aromatic heterocycles. The van der Waals surface area contributed by atoms with Crippen molar-refractivity contribution in [1.82, 2.24) is 0 Å². The monoisotopic (exact) mass is 157 g/mol. The Morgan fingerprint density at radius 3 is 2.55 bits per heavy atom. The Morgan fingerprint density at radius 2 is 2.27 bits per heavy atom. The van der Waals surface area contributed by atoms with Crippen molar-refractivity contribution in [3.05, 3.63) is 0 Å². The van der Waals surface area contributed by atoms with Crippen LogP contribution in [0, 0.1) is 5.41 Å². The second kappa shape index (κ2) is 2.21. The van der Waals surface area contributed by atoms with Gasteiger partial charge in [-0.3, -0.25) is 4.79 Å². The SMILES string of the molecule is CCC1(C)CC1(N)C(=O)OC. The van der Waals surface area contributed by atoms with Crippen LogP contribution in [0.1, 0.15) is 26.7 Å². The van der Waals surface area contributed by atoms with E-state index in [1.807, 2.05) is 13.8 Å². The Morgan fingerprint density at radius 1 is 1.73 bits per heavy atom. The Balaban J connectivity index is 2.69. The Kier molecular flexibility index (Phi) is 1.71. The highest BCUT2D eigenvalue weighted by Crippen LogP contribution is 2.56. The van der Waals surface area contributed by atoms with Gasteiger partial charge < -0.3 is 10.5 Å². The summed E-state index contributed by atoms with van der Waals surface area (Å²) in [5.41, 5.74) is 5.09. The molecule has 0 heterocycles. The molecule has 1 fully saturated rings. The van der Waals surface area contributed by atoms with Gasteiger partial charge in [-0.2, -0.15) is 0 Å². The van der Waals surface area contributed by atoms with E-state index < -0.39 is 5.54 Å². The minimum absolute atomic E-state index is 0.0277. The molecule has 3 nitrogen and oxygen atoms in total. The molecule has 1 saturated carbocycles. The summed E-state index contributed by atoms with van der Waals surface area (Å²) in [4.78, 5) is 11.1. The van der Waals surface area contributed by atoms with E-state index in [4.69, 9.17) is 5.73 Å². The lowest BCUT2D eigenvalue weighted by atomic mass is 10.00. The first-order valence-corrected chi connectivity index (χ1v) is 3.87. The molecule has 1 aliphatic rings. The highest BCUT2D eigenvalue weighted by atomic mass is 16.5. The number of carbonyl (C=O) groups excluding carboxylic acids is 1. The van der Waals surface area contributed by atoms with Crippen LogP contribution in [0.5, 0.6) is 0 Å². The van der Waals surface area contributed by atoms with Crippen LogP contribution in [0.2, 0.25) is 0 Å². The molecule has 64 valence electrons. The van der Waals surface area contributed by atoms with E-state index in [0.29, 0.717) is 0 Å². The number of methoxy groups -OCH3 is 1. The molecule has 0 radical (unpaired) electrons. The fourth-order valence-electron chi connectivity index (χ4n) is 1.51. The Hall–Kier alpha value is -0.570. The molecular weight excluding hydrogens is 142 g/mol. The first-order valence-electron chi connectivity index (χ1n) is 3.87. The number of esters is 1. The van der Waals surface area contributed by atoms with Gasteiger partial charge in [0.2, 0.25) is 0 Å². The number of nitrogens with two attached hydrogens (primary N) is 1. The molecule has 3 heteroatoms. The van der Waals surface area contributed by atoms with Crippen molar-refractivity contribution in [2.75, 3.05) is 7.11 Å². The Labute approximate surface area is 66.9 Å². The topological polar surface area (TPSA) is 52.3 Å². The van der Waals surface area contributed by atoms with Crippen LogP contribution in [-0.2, 0) is 9.53 Å². The average Bonchev–Trinajstić information content (AvgIpc) is 2.56. The lowest BCUT2D eigenvalue weighted by molar-refractivity contribution is -0.144. The van der Waals surface area contributed by atoms with Crippen LogP contribution in [-0.4, -0.2) is 18.6 Å². The molecular formula is C8H15NO2. The lowest BCUT2D eigenvalue weighted by Crippen LogP contribution is -2.39. The van der Waals surface area contributed by atoms with Gasteiger partial charge in [-0.25, -0.2) is 0 Å². The fourth-order valence-corrected chi connectivity index (χ4v) is 1.51. The van der Waals surface area contributed by atoms with Crippen LogP contribution >= 0.6 is 0 Å². The maximum absolute atomic E-state index is 11.1. The number of ether oxygens (including phenoxy) is 1. The molecule has 0 amide bonds.